The van der Waals surface area contributed by atoms with E-state index in [9.17, 15) is 54.3 Å². The fourth-order valence-corrected chi connectivity index (χ4v) is 9.21. The van der Waals surface area contributed by atoms with Crippen LogP contribution >= 0.6 is 0 Å². The molecule has 19 heteroatoms. The third-order valence-electron chi connectivity index (χ3n) is 13.6. The quantitative estimate of drug-likeness (QED) is 0.0504. The minimum absolute atomic E-state index is 0.00497. The number of carboxylic acid groups (broad SMARTS) is 1. The number of phenols is 1. The van der Waals surface area contributed by atoms with Gasteiger partial charge in [-0.2, -0.15) is 0 Å². The zero-order chi connectivity index (χ0) is 53.0. The summed E-state index contributed by atoms with van der Waals surface area (Å²) in [5.41, 5.74) is 7.77. The van der Waals surface area contributed by atoms with E-state index < -0.39 is 95.9 Å². The molecule has 2 saturated heterocycles. The molecule has 11 N–H and O–H groups in total. The van der Waals surface area contributed by atoms with Crippen molar-refractivity contribution < 1.29 is 63.8 Å². The zero-order valence-corrected chi connectivity index (χ0v) is 42.9. The van der Waals surface area contributed by atoms with Crippen molar-refractivity contribution in [2.45, 2.75) is 204 Å². The molecule has 0 bridgehead atoms. The molecule has 0 saturated carbocycles. The molecule has 0 aliphatic carbocycles. The van der Waals surface area contributed by atoms with Crippen molar-refractivity contribution in [2.24, 2.45) is 5.73 Å². The molecule has 19 nitrogen and oxygen atoms in total. The largest absolute Gasteiger partial charge is 0.508 e. The Bertz CT molecular complexity index is 2050. The number of aryl methyl sites for hydroxylation is 2. The first-order valence-electron chi connectivity index (χ1n) is 25.9. The summed E-state index contributed by atoms with van der Waals surface area (Å²) in [5, 5.41) is 62.2. The van der Waals surface area contributed by atoms with Gasteiger partial charge >= 0.3 is 5.97 Å². The number of ether oxygens (including phenoxy) is 2. The van der Waals surface area contributed by atoms with Crippen LogP contribution in [0.3, 0.4) is 0 Å². The number of hydrogen-bond acceptors (Lipinski definition) is 13. The van der Waals surface area contributed by atoms with Gasteiger partial charge in [-0.05, 0) is 107 Å². The van der Waals surface area contributed by atoms with Crippen LogP contribution in [0, 0.1) is 13.8 Å². The molecule has 402 valence electrons. The van der Waals surface area contributed by atoms with E-state index in [-0.39, 0.29) is 57.6 Å². The number of likely N-dealkylation sites (tertiary alicyclic amines) is 1. The van der Waals surface area contributed by atoms with Crippen LogP contribution in [0.15, 0.2) is 42.5 Å². The van der Waals surface area contributed by atoms with Gasteiger partial charge in [0.2, 0.25) is 23.6 Å². The average Bonchev–Trinajstić information content (AvgIpc) is 3.83. The molecule has 2 fully saturated rings. The van der Waals surface area contributed by atoms with Crippen molar-refractivity contribution in [3.63, 3.8) is 0 Å². The predicted molar refractivity (Wildman–Crippen MR) is 269 cm³/mol. The van der Waals surface area contributed by atoms with E-state index in [4.69, 9.17) is 15.2 Å². The van der Waals surface area contributed by atoms with Crippen molar-refractivity contribution in [2.75, 3.05) is 19.7 Å². The Morgan fingerprint density at radius 1 is 0.792 bits per heavy atom. The molecule has 0 radical (unpaired) electrons. The maximum atomic E-state index is 14.3. The molecule has 72 heavy (non-hydrogen) atoms. The Morgan fingerprint density at radius 3 is 2.04 bits per heavy atom. The van der Waals surface area contributed by atoms with Gasteiger partial charge in [-0.25, -0.2) is 4.79 Å². The van der Waals surface area contributed by atoms with E-state index in [1.165, 1.54) is 57.3 Å². The van der Waals surface area contributed by atoms with Crippen LogP contribution in [-0.2, 0) is 51.1 Å². The Balaban J connectivity index is 1.37. The molecule has 2 heterocycles. The van der Waals surface area contributed by atoms with Gasteiger partial charge in [-0.15, -0.1) is 0 Å². The monoisotopic (exact) mass is 1010 g/mol. The van der Waals surface area contributed by atoms with Gasteiger partial charge in [-0.1, -0.05) is 95.0 Å². The number of carboxylic acids is 1. The number of benzene rings is 2. The molecule has 9 atom stereocenters. The van der Waals surface area contributed by atoms with Crippen LogP contribution in [0.5, 0.6) is 5.75 Å². The highest BCUT2D eigenvalue weighted by atomic mass is 16.7. The lowest BCUT2D eigenvalue weighted by atomic mass is 9.95. The van der Waals surface area contributed by atoms with Gasteiger partial charge in [0.25, 0.3) is 5.91 Å². The molecular formula is C53H82N6O13. The zero-order valence-electron chi connectivity index (χ0n) is 42.9. The minimum Gasteiger partial charge on any atom is -0.508 e. The topological polar surface area (TPSA) is 299 Å². The third kappa shape index (κ3) is 18.1. The fraction of sp³-hybridized carbons (Fsp3) is 0.660. The molecule has 0 aromatic heterocycles. The smallest absolute Gasteiger partial charge is 0.328 e. The van der Waals surface area contributed by atoms with Crippen molar-refractivity contribution in [3.05, 3.63) is 64.7 Å². The average molecular weight is 1010 g/mol. The molecule has 2 aliphatic heterocycles. The number of nitrogens with two attached hydrogens (primary N) is 1. The SMILES string of the molecule is CCCCCCCCCCCCO[C@@H]1O[C@H](C(=O)NCCCC[C@H](NC(=O)[C@H](Cc2ccccc2)NC(=O)[C@@H]2CCCN2C(=O)[C@@H](N)Cc2c(C)cc(O)cc2C)C(=O)NC(C)(C)C(=O)O)[C@@H](O)[C@H](O)[C@H]1O. The minimum atomic E-state index is -1.75. The van der Waals surface area contributed by atoms with E-state index in [2.05, 4.69) is 28.2 Å². The Labute approximate surface area is 424 Å². The van der Waals surface area contributed by atoms with Crippen LogP contribution in [0.2, 0.25) is 0 Å². The maximum absolute atomic E-state index is 14.3. The summed E-state index contributed by atoms with van der Waals surface area (Å²) in [6, 6.07) is 7.58. The number of aromatic hydroxyl groups is 1. The van der Waals surface area contributed by atoms with Crippen LogP contribution in [0.4, 0.5) is 0 Å². The second-order valence-corrected chi connectivity index (χ2v) is 20.0. The standard InChI is InChI=1S/C53H82N6O13/c1-6-7-8-9-10-11-12-13-14-20-28-71-51-44(63)42(61)43(62)45(72-51)49(67)55-26-19-18-24-39(47(65)58-53(4,5)52(69)70)56-46(64)40(31-35-22-16-15-17-23-35)57-48(66)41-25-21-27-59(41)50(68)38(54)32-37-33(2)29-36(60)30-34(37)3/h15-17,22-23,29-30,38-45,51,60-63H,6-14,18-21,24-28,31-32,54H2,1-5H3,(H,55,67)(H,56,64)(H,57,66)(H,58,65)(H,69,70)/t38-,39-,40-,41-,42-,43-,44+,45-,51+/m0/s1. The molecule has 2 aromatic carbocycles. The number of carbonyl (C=O) groups is 6. The van der Waals surface area contributed by atoms with Crippen LogP contribution in [-0.4, -0.2) is 146 Å². The first-order valence-corrected chi connectivity index (χ1v) is 25.9. The lowest BCUT2D eigenvalue weighted by Gasteiger charge is -2.39. The lowest BCUT2D eigenvalue weighted by molar-refractivity contribution is -0.290. The number of hydrogen-bond donors (Lipinski definition) is 10. The van der Waals surface area contributed by atoms with Crippen LogP contribution in [0.1, 0.15) is 139 Å². The summed E-state index contributed by atoms with van der Waals surface area (Å²) in [6.45, 7) is 8.91. The number of aliphatic hydroxyl groups is 3. The highest BCUT2D eigenvalue weighted by molar-refractivity contribution is 5.96. The molecule has 2 aliphatic rings. The molecule has 0 unspecified atom stereocenters. The maximum Gasteiger partial charge on any atom is 0.328 e. The number of amides is 5. The van der Waals surface area contributed by atoms with Crippen molar-refractivity contribution >= 4 is 35.5 Å². The number of aliphatic carboxylic acids is 1. The van der Waals surface area contributed by atoms with Gasteiger partial charge in [0.05, 0.1) is 6.04 Å². The third-order valence-corrected chi connectivity index (χ3v) is 13.6. The van der Waals surface area contributed by atoms with Gasteiger partial charge < -0.3 is 66.9 Å². The number of nitrogens with zero attached hydrogens (tertiary/aromatic N) is 1. The molecule has 4 rings (SSSR count). The van der Waals surface area contributed by atoms with Gasteiger partial charge in [0.1, 0.15) is 47.7 Å². The second-order valence-electron chi connectivity index (χ2n) is 20.0. The first kappa shape index (κ1) is 59.4. The van der Waals surface area contributed by atoms with E-state index >= 15 is 0 Å². The van der Waals surface area contributed by atoms with Crippen molar-refractivity contribution in [3.8, 4) is 5.75 Å². The normalized spacial score (nSPS) is 21.3. The number of phenolic OH excluding ortho intramolecular Hbond substituents is 1. The number of aliphatic hydroxyl groups excluding tert-OH is 3. The predicted octanol–water partition coefficient (Wildman–Crippen LogP) is 3.09. The van der Waals surface area contributed by atoms with E-state index in [0.29, 0.717) is 24.8 Å². The number of unbranched alkanes of at least 4 members (excludes halogenated alkanes) is 10. The first-order chi connectivity index (χ1) is 34.2. The molecule has 0 spiro atoms. The highest BCUT2D eigenvalue weighted by Gasteiger charge is 2.47. The molecule has 2 aromatic rings. The van der Waals surface area contributed by atoms with Gasteiger partial charge in [0.15, 0.2) is 12.4 Å². The Kier molecular flexibility index (Phi) is 24.3. The Morgan fingerprint density at radius 2 is 1.42 bits per heavy atom. The summed E-state index contributed by atoms with van der Waals surface area (Å²) in [4.78, 5) is 82.6. The summed E-state index contributed by atoms with van der Waals surface area (Å²) >= 11 is 0. The molecular weight excluding hydrogens is 929 g/mol. The highest BCUT2D eigenvalue weighted by Crippen LogP contribution is 2.26. The summed E-state index contributed by atoms with van der Waals surface area (Å²) in [5.74, 6) is -4.57. The Hall–Kier alpha value is -5.18. The fourth-order valence-electron chi connectivity index (χ4n) is 9.21. The summed E-state index contributed by atoms with van der Waals surface area (Å²) < 4.78 is 11.4. The lowest BCUT2D eigenvalue weighted by Crippen LogP contribution is -2.62. The summed E-state index contributed by atoms with van der Waals surface area (Å²) in [7, 11) is 0. The van der Waals surface area contributed by atoms with Crippen molar-refractivity contribution in [1.82, 2.24) is 26.2 Å². The van der Waals surface area contributed by atoms with Crippen LogP contribution in [0.25, 0.3) is 0 Å². The summed E-state index contributed by atoms with van der Waals surface area (Å²) in [6.07, 6.45) is 4.64. The van der Waals surface area contributed by atoms with E-state index in [1.54, 1.807) is 42.5 Å². The molecule has 5 amide bonds. The van der Waals surface area contributed by atoms with Crippen molar-refractivity contribution in [1.29, 1.82) is 0 Å². The van der Waals surface area contributed by atoms with E-state index in [1.807, 2.05) is 13.8 Å². The van der Waals surface area contributed by atoms with Gasteiger partial charge in [0, 0.05) is 26.1 Å². The second kappa shape index (κ2) is 29.5. The van der Waals surface area contributed by atoms with Gasteiger partial charge in [-0.3, -0.25) is 24.0 Å². The number of carbonyl (C=O) groups excluding carboxylic acids is 5. The van der Waals surface area contributed by atoms with Crippen LogP contribution < -0.4 is 27.0 Å². The van der Waals surface area contributed by atoms with E-state index in [0.717, 1.165) is 36.0 Å². The number of nitrogens with one attached hydrogen (secondary N) is 4. The number of rotatable bonds is 30.